The Morgan fingerprint density at radius 2 is 0.774 bits per heavy atom. The standard InChI is InChI=1S/C31H20/c1-19-13-15-20(16-14-19)21-17-28-24-9-4-2-7-22(24)26-11-6-12-27-23-8-3-5-10-25(23)29(18-21)31(28)30(26)27/h2-18H,1H3. The Balaban J connectivity index is 1.82. The molecule has 0 aliphatic rings. The molecule has 0 N–H and O–H groups in total. The highest BCUT2D eigenvalue weighted by molar-refractivity contribution is 6.40. The van der Waals surface area contributed by atoms with Crippen LogP contribution < -0.4 is 0 Å². The summed E-state index contributed by atoms with van der Waals surface area (Å²) in [5, 5.41) is 13.5. The van der Waals surface area contributed by atoms with E-state index in [0.29, 0.717) is 0 Å². The van der Waals surface area contributed by atoms with E-state index in [2.05, 4.69) is 110 Å². The van der Waals surface area contributed by atoms with Gasteiger partial charge in [-0.1, -0.05) is 96.6 Å². The molecule has 0 heteroatoms. The van der Waals surface area contributed by atoms with Crippen LogP contribution in [0.2, 0.25) is 0 Å². The molecule has 7 aromatic carbocycles. The lowest BCUT2D eigenvalue weighted by Crippen LogP contribution is -1.90. The van der Waals surface area contributed by atoms with Crippen molar-refractivity contribution in [1.29, 1.82) is 0 Å². The molecule has 7 aromatic rings. The van der Waals surface area contributed by atoms with Crippen LogP contribution in [0.15, 0.2) is 103 Å². The van der Waals surface area contributed by atoms with Gasteiger partial charge in [0.2, 0.25) is 0 Å². The summed E-state index contributed by atoms with van der Waals surface area (Å²) in [5.41, 5.74) is 3.84. The minimum absolute atomic E-state index is 1.27. The van der Waals surface area contributed by atoms with Crippen LogP contribution in [0.4, 0.5) is 0 Å². The lowest BCUT2D eigenvalue weighted by atomic mass is 9.84. The maximum absolute atomic E-state index is 2.40. The van der Waals surface area contributed by atoms with Crippen molar-refractivity contribution < 1.29 is 0 Å². The fraction of sp³-hybridized carbons (Fsp3) is 0.0323. The monoisotopic (exact) mass is 392 g/mol. The molecule has 0 fully saturated rings. The van der Waals surface area contributed by atoms with Gasteiger partial charge < -0.3 is 0 Å². The topological polar surface area (TPSA) is 0 Å². The molecule has 0 aliphatic carbocycles. The predicted octanol–water partition coefficient (Wildman–Crippen LogP) is 8.87. The third-order valence-corrected chi connectivity index (χ3v) is 6.85. The summed E-state index contributed by atoms with van der Waals surface area (Å²) in [6.45, 7) is 2.14. The van der Waals surface area contributed by atoms with Crippen molar-refractivity contribution in [1.82, 2.24) is 0 Å². The highest BCUT2D eigenvalue weighted by atomic mass is 14.2. The molecule has 0 aromatic heterocycles. The zero-order valence-corrected chi connectivity index (χ0v) is 17.3. The van der Waals surface area contributed by atoms with Crippen LogP contribution >= 0.6 is 0 Å². The molecule has 0 radical (unpaired) electrons. The Bertz CT molecular complexity index is 1670. The molecule has 7 rings (SSSR count). The van der Waals surface area contributed by atoms with E-state index in [4.69, 9.17) is 0 Å². The van der Waals surface area contributed by atoms with Crippen molar-refractivity contribution in [2.24, 2.45) is 0 Å². The number of benzene rings is 7. The molecular formula is C31H20. The second kappa shape index (κ2) is 6.06. The Hall–Kier alpha value is -3.90. The van der Waals surface area contributed by atoms with Gasteiger partial charge >= 0.3 is 0 Å². The molecule has 144 valence electrons. The van der Waals surface area contributed by atoms with Gasteiger partial charge in [0.1, 0.15) is 0 Å². The van der Waals surface area contributed by atoms with Crippen LogP contribution in [-0.2, 0) is 0 Å². The van der Waals surface area contributed by atoms with Crippen molar-refractivity contribution in [3.05, 3.63) is 109 Å². The molecule has 0 saturated heterocycles. The minimum atomic E-state index is 1.27. The first-order chi connectivity index (χ1) is 15.3. The molecule has 0 aliphatic heterocycles. The maximum atomic E-state index is 2.40. The third-order valence-electron chi connectivity index (χ3n) is 6.85. The van der Waals surface area contributed by atoms with Crippen LogP contribution in [0.1, 0.15) is 5.56 Å². The minimum Gasteiger partial charge on any atom is -0.0616 e. The van der Waals surface area contributed by atoms with E-state index in [-0.39, 0.29) is 0 Å². The van der Waals surface area contributed by atoms with Gasteiger partial charge in [0.05, 0.1) is 0 Å². The fourth-order valence-electron chi connectivity index (χ4n) is 5.43. The molecule has 0 amide bonds. The quantitative estimate of drug-likeness (QED) is 0.193. The Labute approximate surface area is 180 Å². The SMILES string of the molecule is Cc1ccc(-c2cc3c4ccccc4c4cccc5c6ccccc6c(c2)c3c45)cc1. The summed E-state index contributed by atoms with van der Waals surface area (Å²) in [6.07, 6.45) is 0. The van der Waals surface area contributed by atoms with Gasteiger partial charge in [-0.2, -0.15) is 0 Å². The normalized spacial score (nSPS) is 12.0. The van der Waals surface area contributed by atoms with Gasteiger partial charge in [0, 0.05) is 0 Å². The maximum Gasteiger partial charge on any atom is -0.00134 e. The Kier molecular flexibility index (Phi) is 3.29. The molecule has 0 nitrogen and oxygen atoms in total. The van der Waals surface area contributed by atoms with E-state index in [1.807, 2.05) is 0 Å². The zero-order chi connectivity index (χ0) is 20.5. The average molecular weight is 393 g/mol. The molecule has 0 unspecified atom stereocenters. The fourth-order valence-corrected chi connectivity index (χ4v) is 5.43. The van der Waals surface area contributed by atoms with Crippen LogP contribution in [-0.4, -0.2) is 0 Å². The summed E-state index contributed by atoms with van der Waals surface area (Å²) >= 11 is 0. The largest absolute Gasteiger partial charge is 0.0616 e. The van der Waals surface area contributed by atoms with Crippen LogP contribution in [0.3, 0.4) is 0 Å². The first-order valence-electron chi connectivity index (χ1n) is 10.9. The van der Waals surface area contributed by atoms with Gasteiger partial charge in [-0.15, -0.1) is 0 Å². The lowest BCUT2D eigenvalue weighted by Gasteiger charge is -2.18. The predicted molar refractivity (Wildman–Crippen MR) is 135 cm³/mol. The van der Waals surface area contributed by atoms with Crippen LogP contribution in [0.25, 0.3) is 65.0 Å². The van der Waals surface area contributed by atoms with Gasteiger partial charge in [-0.05, 0) is 84.0 Å². The van der Waals surface area contributed by atoms with Gasteiger partial charge in [0.25, 0.3) is 0 Å². The van der Waals surface area contributed by atoms with Crippen molar-refractivity contribution in [3.63, 3.8) is 0 Å². The van der Waals surface area contributed by atoms with Gasteiger partial charge in [-0.25, -0.2) is 0 Å². The average Bonchev–Trinajstić information content (AvgIpc) is 2.83. The smallest absolute Gasteiger partial charge is 0.00134 e. The summed E-state index contributed by atoms with van der Waals surface area (Å²) < 4.78 is 0. The summed E-state index contributed by atoms with van der Waals surface area (Å²) in [6, 6.07) is 38.2. The highest BCUT2D eigenvalue weighted by Crippen LogP contribution is 2.46. The second-order valence-corrected chi connectivity index (χ2v) is 8.63. The van der Waals surface area contributed by atoms with Crippen molar-refractivity contribution >= 4 is 53.9 Å². The number of hydrogen-bond donors (Lipinski definition) is 0. The van der Waals surface area contributed by atoms with Crippen LogP contribution in [0, 0.1) is 6.92 Å². The number of fused-ring (bicyclic) bond motifs is 6. The highest BCUT2D eigenvalue weighted by Gasteiger charge is 2.17. The van der Waals surface area contributed by atoms with E-state index < -0.39 is 0 Å². The van der Waals surface area contributed by atoms with E-state index in [9.17, 15) is 0 Å². The molecule has 0 saturated carbocycles. The summed E-state index contributed by atoms with van der Waals surface area (Å²) in [7, 11) is 0. The van der Waals surface area contributed by atoms with E-state index in [1.165, 1.54) is 70.6 Å². The van der Waals surface area contributed by atoms with E-state index >= 15 is 0 Å². The zero-order valence-electron chi connectivity index (χ0n) is 17.3. The molecule has 0 bridgehead atoms. The third kappa shape index (κ3) is 2.25. The first kappa shape index (κ1) is 16.8. The van der Waals surface area contributed by atoms with Crippen LogP contribution in [0.5, 0.6) is 0 Å². The Morgan fingerprint density at radius 1 is 0.355 bits per heavy atom. The second-order valence-electron chi connectivity index (χ2n) is 8.63. The molecule has 31 heavy (non-hydrogen) atoms. The van der Waals surface area contributed by atoms with E-state index in [0.717, 1.165) is 0 Å². The lowest BCUT2D eigenvalue weighted by molar-refractivity contribution is 1.47. The number of aryl methyl sites for hydroxylation is 1. The summed E-state index contributed by atoms with van der Waals surface area (Å²) in [5.74, 6) is 0. The van der Waals surface area contributed by atoms with Gasteiger partial charge in [-0.3, -0.25) is 0 Å². The molecule has 0 atom stereocenters. The van der Waals surface area contributed by atoms with E-state index in [1.54, 1.807) is 0 Å². The Morgan fingerprint density at radius 3 is 1.29 bits per heavy atom. The van der Waals surface area contributed by atoms with Crippen molar-refractivity contribution in [2.45, 2.75) is 6.92 Å². The van der Waals surface area contributed by atoms with Gasteiger partial charge in [0.15, 0.2) is 0 Å². The number of hydrogen-bond acceptors (Lipinski definition) is 0. The molecule has 0 heterocycles. The molecular weight excluding hydrogens is 372 g/mol. The summed E-state index contributed by atoms with van der Waals surface area (Å²) in [4.78, 5) is 0. The first-order valence-corrected chi connectivity index (χ1v) is 10.9. The molecule has 0 spiro atoms. The van der Waals surface area contributed by atoms with Crippen molar-refractivity contribution in [2.75, 3.05) is 0 Å². The number of rotatable bonds is 1. The van der Waals surface area contributed by atoms with Crippen molar-refractivity contribution in [3.8, 4) is 11.1 Å².